The van der Waals surface area contributed by atoms with E-state index in [2.05, 4.69) is 36.0 Å². The van der Waals surface area contributed by atoms with Crippen LogP contribution in [-0.2, 0) is 11.3 Å². The van der Waals surface area contributed by atoms with Crippen molar-refractivity contribution >= 4 is 16.5 Å². The van der Waals surface area contributed by atoms with Gasteiger partial charge >= 0.3 is 0 Å². The van der Waals surface area contributed by atoms with Gasteiger partial charge in [-0.1, -0.05) is 6.92 Å². The molecular weight excluding hydrogens is 234 g/mol. The lowest BCUT2D eigenvalue weighted by Crippen LogP contribution is -2.53. The second-order valence-corrected chi connectivity index (χ2v) is 6.00. The van der Waals surface area contributed by atoms with E-state index in [1.807, 2.05) is 6.20 Å². The van der Waals surface area contributed by atoms with E-state index in [0.717, 1.165) is 38.0 Å². The van der Waals surface area contributed by atoms with Crippen LogP contribution in [0.15, 0.2) is 6.20 Å². The molecule has 1 fully saturated rings. The molecule has 1 aromatic rings. The van der Waals surface area contributed by atoms with Crippen molar-refractivity contribution in [2.75, 3.05) is 31.2 Å². The van der Waals surface area contributed by atoms with Crippen LogP contribution in [0.1, 0.15) is 25.6 Å². The minimum Gasteiger partial charge on any atom is -0.377 e. The van der Waals surface area contributed by atoms with E-state index in [1.54, 1.807) is 11.3 Å². The first-order valence-electron chi connectivity index (χ1n) is 6.14. The second-order valence-electron chi connectivity index (χ2n) is 4.91. The maximum atomic E-state index is 5.53. The van der Waals surface area contributed by atoms with E-state index in [1.165, 1.54) is 4.88 Å². The van der Waals surface area contributed by atoms with Crippen molar-refractivity contribution in [3.05, 3.63) is 11.1 Å². The summed E-state index contributed by atoms with van der Waals surface area (Å²) in [4.78, 5) is 8.19. The molecule has 1 N–H and O–H groups in total. The lowest BCUT2D eigenvalue weighted by molar-refractivity contribution is 0.0644. The molecule has 1 aromatic heterocycles. The van der Waals surface area contributed by atoms with Gasteiger partial charge in [0.1, 0.15) is 0 Å². The zero-order valence-corrected chi connectivity index (χ0v) is 11.6. The average molecular weight is 255 g/mol. The van der Waals surface area contributed by atoms with Crippen LogP contribution in [-0.4, -0.2) is 36.8 Å². The Balaban J connectivity index is 2.07. The monoisotopic (exact) mass is 255 g/mol. The molecule has 0 aromatic carbocycles. The summed E-state index contributed by atoms with van der Waals surface area (Å²) in [6.07, 6.45) is 1.98. The second kappa shape index (κ2) is 5.33. The van der Waals surface area contributed by atoms with Crippen molar-refractivity contribution in [3.63, 3.8) is 0 Å². The zero-order valence-electron chi connectivity index (χ0n) is 10.8. The topological polar surface area (TPSA) is 37.4 Å². The molecule has 0 bridgehead atoms. The Morgan fingerprint density at radius 3 is 3.12 bits per heavy atom. The summed E-state index contributed by atoms with van der Waals surface area (Å²) in [7, 11) is 0. The maximum Gasteiger partial charge on any atom is 0.186 e. The first kappa shape index (κ1) is 12.8. The molecule has 0 atom stereocenters. The Morgan fingerprint density at radius 2 is 2.41 bits per heavy atom. The normalized spacial score (nSPS) is 19.6. The molecule has 1 aliphatic rings. The van der Waals surface area contributed by atoms with E-state index in [9.17, 15) is 0 Å². The molecule has 2 heterocycles. The smallest absolute Gasteiger partial charge is 0.186 e. The summed E-state index contributed by atoms with van der Waals surface area (Å²) in [5.41, 5.74) is 0.0472. The summed E-state index contributed by atoms with van der Waals surface area (Å²) in [6, 6.07) is 0. The molecule has 0 radical (unpaired) electrons. The lowest BCUT2D eigenvalue weighted by atomic mass is 10.0. The Hall–Kier alpha value is -0.650. The molecule has 0 aliphatic carbocycles. The minimum atomic E-state index is 0.0472. The van der Waals surface area contributed by atoms with Gasteiger partial charge in [-0.2, -0.15) is 0 Å². The van der Waals surface area contributed by atoms with Crippen LogP contribution in [0.25, 0.3) is 0 Å². The van der Waals surface area contributed by atoms with Crippen molar-refractivity contribution in [2.45, 2.75) is 32.9 Å². The Bertz CT molecular complexity index is 364. The fourth-order valence-electron chi connectivity index (χ4n) is 1.96. The van der Waals surface area contributed by atoms with Crippen LogP contribution < -0.4 is 10.2 Å². The summed E-state index contributed by atoms with van der Waals surface area (Å²) in [5, 5.41) is 4.45. The van der Waals surface area contributed by atoms with Crippen molar-refractivity contribution in [3.8, 4) is 0 Å². The fraction of sp³-hybridized carbons (Fsp3) is 0.750. The number of rotatable bonds is 4. The van der Waals surface area contributed by atoms with E-state index in [4.69, 9.17) is 4.74 Å². The summed E-state index contributed by atoms with van der Waals surface area (Å²) >= 11 is 1.78. The highest BCUT2D eigenvalue weighted by atomic mass is 32.1. The van der Waals surface area contributed by atoms with Crippen LogP contribution in [0.5, 0.6) is 0 Å². The Kier molecular flexibility index (Phi) is 4.01. The molecule has 5 heteroatoms. The molecule has 0 amide bonds. The molecule has 0 saturated carbocycles. The summed E-state index contributed by atoms with van der Waals surface area (Å²) in [5.74, 6) is 0. The molecule has 4 nitrogen and oxygen atoms in total. The number of thiazole rings is 1. The number of hydrogen-bond donors (Lipinski definition) is 1. The lowest BCUT2D eigenvalue weighted by Gasteiger charge is -2.41. The molecule has 1 aliphatic heterocycles. The maximum absolute atomic E-state index is 5.53. The van der Waals surface area contributed by atoms with Crippen molar-refractivity contribution < 1.29 is 4.74 Å². The van der Waals surface area contributed by atoms with Crippen molar-refractivity contribution in [1.82, 2.24) is 10.3 Å². The third-order valence-corrected chi connectivity index (χ3v) is 3.99. The van der Waals surface area contributed by atoms with Crippen molar-refractivity contribution in [2.24, 2.45) is 0 Å². The van der Waals surface area contributed by atoms with Gasteiger partial charge < -0.3 is 15.0 Å². The van der Waals surface area contributed by atoms with Crippen molar-refractivity contribution in [1.29, 1.82) is 0 Å². The van der Waals surface area contributed by atoms with E-state index in [0.29, 0.717) is 0 Å². The minimum absolute atomic E-state index is 0.0472. The summed E-state index contributed by atoms with van der Waals surface area (Å²) in [6.45, 7) is 10.9. The first-order valence-corrected chi connectivity index (χ1v) is 6.96. The van der Waals surface area contributed by atoms with Crippen LogP contribution in [0, 0.1) is 0 Å². The fourth-order valence-corrected chi connectivity index (χ4v) is 3.03. The van der Waals surface area contributed by atoms with Crippen LogP contribution in [0.4, 0.5) is 5.13 Å². The molecule has 0 unspecified atom stereocenters. The van der Waals surface area contributed by atoms with Crippen LogP contribution in [0.3, 0.4) is 0 Å². The molecule has 2 rings (SSSR count). The number of nitrogens with zero attached hydrogens (tertiary/aromatic N) is 2. The number of aromatic nitrogens is 1. The van der Waals surface area contributed by atoms with Gasteiger partial charge in [-0.05, 0) is 20.4 Å². The van der Waals surface area contributed by atoms with Gasteiger partial charge in [-0.15, -0.1) is 11.3 Å². The highest BCUT2D eigenvalue weighted by Crippen LogP contribution is 2.30. The number of nitrogens with one attached hydrogen (secondary N) is 1. The molecular formula is C12H21N3OS. The van der Waals surface area contributed by atoms with E-state index >= 15 is 0 Å². The first-order chi connectivity index (χ1) is 8.13. The third-order valence-electron chi connectivity index (χ3n) is 2.97. The summed E-state index contributed by atoms with van der Waals surface area (Å²) < 4.78 is 5.53. The average Bonchev–Trinajstić information content (AvgIpc) is 2.74. The van der Waals surface area contributed by atoms with E-state index in [-0.39, 0.29) is 5.54 Å². The largest absolute Gasteiger partial charge is 0.377 e. The van der Waals surface area contributed by atoms with E-state index < -0.39 is 0 Å². The number of morpholine rings is 1. The SMILES string of the molecule is CCNCc1cnc(N2CCOCC2(C)C)s1. The molecule has 17 heavy (non-hydrogen) atoms. The standard InChI is InChI=1S/C12H21N3OS/c1-4-13-7-10-8-14-11(17-10)15-5-6-16-9-12(15,2)3/h8,13H,4-7,9H2,1-3H3. The predicted octanol–water partition coefficient (Wildman–Crippen LogP) is 1.87. The van der Waals surface area contributed by atoms with Gasteiger partial charge in [0, 0.05) is 24.2 Å². The third kappa shape index (κ3) is 2.97. The van der Waals surface area contributed by atoms with Crippen LogP contribution >= 0.6 is 11.3 Å². The van der Waals surface area contributed by atoms with Gasteiger partial charge in [0.15, 0.2) is 5.13 Å². The number of hydrogen-bond acceptors (Lipinski definition) is 5. The molecule has 0 spiro atoms. The highest BCUT2D eigenvalue weighted by Gasteiger charge is 2.32. The highest BCUT2D eigenvalue weighted by molar-refractivity contribution is 7.15. The predicted molar refractivity (Wildman–Crippen MR) is 71.7 cm³/mol. The number of anilines is 1. The molecule has 96 valence electrons. The number of ether oxygens (including phenoxy) is 1. The van der Waals surface area contributed by atoms with Crippen LogP contribution in [0.2, 0.25) is 0 Å². The zero-order chi connectivity index (χ0) is 12.3. The van der Waals surface area contributed by atoms with Gasteiger partial charge in [-0.25, -0.2) is 4.98 Å². The van der Waals surface area contributed by atoms with Gasteiger partial charge in [0.05, 0.1) is 18.8 Å². The quantitative estimate of drug-likeness (QED) is 0.891. The van der Waals surface area contributed by atoms with Gasteiger partial charge in [0.2, 0.25) is 0 Å². The Labute approximate surface area is 107 Å². The Morgan fingerprint density at radius 1 is 1.59 bits per heavy atom. The molecule has 1 saturated heterocycles. The van der Waals surface area contributed by atoms with Gasteiger partial charge in [-0.3, -0.25) is 0 Å². The van der Waals surface area contributed by atoms with Gasteiger partial charge in [0.25, 0.3) is 0 Å².